The van der Waals surface area contributed by atoms with Crippen LogP contribution in [-0.2, 0) is 0 Å². The van der Waals surface area contributed by atoms with Crippen LogP contribution in [0.4, 0.5) is 0 Å². The van der Waals surface area contributed by atoms with Gasteiger partial charge in [-0.25, -0.2) is 0 Å². The molecule has 0 saturated heterocycles. The highest BCUT2D eigenvalue weighted by molar-refractivity contribution is 5.34. The van der Waals surface area contributed by atoms with Crippen LogP contribution in [0, 0.1) is 11.8 Å². The maximum absolute atomic E-state index is 3.95. The first-order valence-corrected chi connectivity index (χ1v) is 7.88. The lowest BCUT2D eigenvalue weighted by molar-refractivity contribution is 0.643. The van der Waals surface area contributed by atoms with E-state index >= 15 is 0 Å². The molecule has 0 amide bonds. The molecule has 1 atom stereocenters. The van der Waals surface area contributed by atoms with Gasteiger partial charge >= 0.3 is 0 Å². The topological polar surface area (TPSA) is 0 Å². The van der Waals surface area contributed by atoms with Crippen molar-refractivity contribution in [2.75, 3.05) is 0 Å². The summed E-state index contributed by atoms with van der Waals surface area (Å²) in [5, 5.41) is 0. The summed E-state index contributed by atoms with van der Waals surface area (Å²) in [6, 6.07) is 0. The van der Waals surface area contributed by atoms with Crippen molar-refractivity contribution in [3.63, 3.8) is 0 Å². The molecule has 0 aliphatic heterocycles. The molecule has 0 N–H and O–H groups in total. The van der Waals surface area contributed by atoms with Crippen LogP contribution in [0.1, 0.15) is 33.1 Å². The predicted octanol–water partition coefficient (Wildman–Crippen LogP) is 6.34. The second kappa shape index (κ2) is 9.99. The number of allylic oxidation sites excluding steroid dienone is 12. The third kappa shape index (κ3) is 6.44. The van der Waals surface area contributed by atoms with Gasteiger partial charge in [0.1, 0.15) is 0 Å². The van der Waals surface area contributed by atoms with Gasteiger partial charge in [-0.2, -0.15) is 0 Å². The molecule has 0 radical (unpaired) electrons. The van der Waals surface area contributed by atoms with Gasteiger partial charge in [-0.3, -0.25) is 0 Å². The first kappa shape index (κ1) is 17.2. The summed E-state index contributed by atoms with van der Waals surface area (Å²) in [7, 11) is 0. The van der Waals surface area contributed by atoms with Crippen molar-refractivity contribution in [3.05, 3.63) is 85.1 Å². The normalized spacial score (nSPS) is 17.6. The average Bonchev–Trinajstić information content (AvgIpc) is 3.02. The smallest absolute Gasteiger partial charge is 0.0201 e. The van der Waals surface area contributed by atoms with Gasteiger partial charge in [-0.05, 0) is 36.3 Å². The fraction of sp³-hybridized carbons (Fsp3) is 0.333. The Morgan fingerprint density at radius 3 is 2.48 bits per heavy atom. The second-order valence-electron chi connectivity index (χ2n) is 5.46. The van der Waals surface area contributed by atoms with Gasteiger partial charge in [-0.15, -0.1) is 0 Å². The largest absolute Gasteiger partial charge is 0.0988 e. The van der Waals surface area contributed by atoms with Gasteiger partial charge in [0.15, 0.2) is 0 Å². The predicted molar refractivity (Wildman–Crippen MR) is 96.2 cm³/mol. The monoisotopic (exact) mass is 280 g/mol. The third-order valence-electron chi connectivity index (χ3n) is 3.68. The molecule has 1 unspecified atom stereocenters. The van der Waals surface area contributed by atoms with Crippen LogP contribution in [0.15, 0.2) is 85.1 Å². The van der Waals surface area contributed by atoms with E-state index in [1.807, 2.05) is 12.2 Å². The van der Waals surface area contributed by atoms with Crippen molar-refractivity contribution in [1.82, 2.24) is 0 Å². The number of rotatable bonds is 9. The van der Waals surface area contributed by atoms with E-state index in [9.17, 15) is 0 Å². The molecule has 0 bridgehead atoms. The minimum absolute atomic E-state index is 0.409. The van der Waals surface area contributed by atoms with E-state index in [1.54, 1.807) is 0 Å². The van der Waals surface area contributed by atoms with Gasteiger partial charge < -0.3 is 0 Å². The first-order valence-electron chi connectivity index (χ1n) is 7.88. The fourth-order valence-electron chi connectivity index (χ4n) is 2.36. The van der Waals surface area contributed by atoms with E-state index in [2.05, 4.69) is 75.6 Å². The van der Waals surface area contributed by atoms with Crippen LogP contribution in [0.2, 0.25) is 0 Å². The van der Waals surface area contributed by atoms with Crippen LogP contribution in [0.25, 0.3) is 0 Å². The highest BCUT2D eigenvalue weighted by atomic mass is 14.1. The minimum Gasteiger partial charge on any atom is -0.0988 e. The Balaban J connectivity index is 2.57. The van der Waals surface area contributed by atoms with Gasteiger partial charge in [0.05, 0.1) is 0 Å². The summed E-state index contributed by atoms with van der Waals surface area (Å²) in [5.41, 5.74) is 2.61. The Labute approximate surface area is 130 Å². The van der Waals surface area contributed by atoms with Crippen LogP contribution in [0.3, 0.4) is 0 Å². The summed E-state index contributed by atoms with van der Waals surface area (Å²) >= 11 is 0. The summed E-state index contributed by atoms with van der Waals surface area (Å²) < 4.78 is 0. The summed E-state index contributed by atoms with van der Waals surface area (Å²) in [6.45, 7) is 12.3. The van der Waals surface area contributed by atoms with Gasteiger partial charge in [0.25, 0.3) is 0 Å². The molecule has 0 aromatic rings. The Kier molecular flexibility index (Phi) is 8.19. The standard InChI is InChI=1S/C21H28/c1-5-8-9-12-19(6-2)16-15-18(4)17-20(7-3)21-13-10-11-14-21/h6-14,17-18,21H,2-3,5,15-16H2,1,4H3. The van der Waals surface area contributed by atoms with E-state index in [-0.39, 0.29) is 0 Å². The van der Waals surface area contributed by atoms with E-state index in [1.165, 1.54) is 11.1 Å². The molecule has 0 saturated carbocycles. The highest BCUT2D eigenvalue weighted by Gasteiger charge is 2.09. The van der Waals surface area contributed by atoms with Crippen molar-refractivity contribution in [2.45, 2.75) is 33.1 Å². The van der Waals surface area contributed by atoms with Crippen molar-refractivity contribution in [3.8, 4) is 0 Å². The van der Waals surface area contributed by atoms with Crippen LogP contribution >= 0.6 is 0 Å². The fourth-order valence-corrected chi connectivity index (χ4v) is 2.36. The zero-order chi connectivity index (χ0) is 15.5. The van der Waals surface area contributed by atoms with Gasteiger partial charge in [0, 0.05) is 5.92 Å². The molecule has 0 heteroatoms. The molecule has 0 fully saturated rings. The lowest BCUT2D eigenvalue weighted by Gasteiger charge is -2.12. The molecule has 1 aliphatic carbocycles. The Bertz CT molecular complexity index is 468. The molecular weight excluding hydrogens is 252 g/mol. The van der Waals surface area contributed by atoms with E-state index in [4.69, 9.17) is 0 Å². The first-order chi connectivity index (χ1) is 10.2. The maximum Gasteiger partial charge on any atom is 0.0201 e. The summed E-state index contributed by atoms with van der Waals surface area (Å²) in [5.74, 6) is 0.950. The maximum atomic E-state index is 3.95. The summed E-state index contributed by atoms with van der Waals surface area (Å²) in [6.07, 6.45) is 24.7. The average molecular weight is 280 g/mol. The lowest BCUT2D eigenvalue weighted by atomic mass is 9.93. The van der Waals surface area contributed by atoms with Crippen LogP contribution in [-0.4, -0.2) is 0 Å². The van der Waals surface area contributed by atoms with E-state index in [0.29, 0.717) is 11.8 Å². The highest BCUT2D eigenvalue weighted by Crippen LogP contribution is 2.23. The van der Waals surface area contributed by atoms with Gasteiger partial charge in [0.2, 0.25) is 0 Å². The Morgan fingerprint density at radius 2 is 1.90 bits per heavy atom. The van der Waals surface area contributed by atoms with Gasteiger partial charge in [-0.1, -0.05) is 87.8 Å². The SMILES string of the molecule is C=CC(=CC=CCC)CCC(C)C=C(C=C)C1C=CC=C1. The Morgan fingerprint density at radius 1 is 1.19 bits per heavy atom. The number of hydrogen-bond donors (Lipinski definition) is 0. The van der Waals surface area contributed by atoms with Crippen molar-refractivity contribution in [1.29, 1.82) is 0 Å². The molecule has 0 aromatic carbocycles. The Hall–Kier alpha value is -1.82. The lowest BCUT2D eigenvalue weighted by Crippen LogP contribution is -1.98. The van der Waals surface area contributed by atoms with Crippen LogP contribution < -0.4 is 0 Å². The molecular formula is C21H28. The third-order valence-corrected chi connectivity index (χ3v) is 3.68. The van der Waals surface area contributed by atoms with Crippen molar-refractivity contribution < 1.29 is 0 Å². The molecule has 0 aromatic heterocycles. The molecule has 1 rings (SSSR count). The minimum atomic E-state index is 0.409. The summed E-state index contributed by atoms with van der Waals surface area (Å²) in [4.78, 5) is 0. The molecule has 0 spiro atoms. The molecule has 21 heavy (non-hydrogen) atoms. The molecule has 0 heterocycles. The molecule has 1 aliphatic rings. The quantitative estimate of drug-likeness (QED) is 0.432. The number of hydrogen-bond acceptors (Lipinski definition) is 0. The van der Waals surface area contributed by atoms with Crippen molar-refractivity contribution >= 4 is 0 Å². The van der Waals surface area contributed by atoms with Crippen molar-refractivity contribution in [2.24, 2.45) is 11.8 Å². The zero-order valence-electron chi connectivity index (χ0n) is 13.5. The van der Waals surface area contributed by atoms with E-state index < -0.39 is 0 Å². The van der Waals surface area contributed by atoms with Crippen LogP contribution in [0.5, 0.6) is 0 Å². The van der Waals surface area contributed by atoms with E-state index in [0.717, 1.165) is 19.3 Å². The molecule has 0 nitrogen and oxygen atoms in total. The zero-order valence-corrected chi connectivity index (χ0v) is 13.5. The molecule has 112 valence electrons. The second-order valence-corrected chi connectivity index (χ2v) is 5.46.